The first-order valence-electron chi connectivity index (χ1n) is 11.9. The van der Waals surface area contributed by atoms with Crippen LogP contribution in [0.15, 0.2) is 80.3 Å². The topological polar surface area (TPSA) is 118 Å². The van der Waals surface area contributed by atoms with E-state index in [0.29, 0.717) is 27.2 Å². The normalized spacial score (nSPS) is 14.1. The fourth-order valence-corrected chi connectivity index (χ4v) is 4.74. The second kappa shape index (κ2) is 12.5. The Morgan fingerprint density at radius 3 is 2.35 bits per heavy atom. The van der Waals surface area contributed by atoms with Gasteiger partial charge >= 0.3 is 17.8 Å². The third kappa shape index (κ3) is 6.64. The van der Waals surface area contributed by atoms with Gasteiger partial charge in [-0.1, -0.05) is 39.1 Å². The molecule has 3 aromatic rings. The van der Waals surface area contributed by atoms with Gasteiger partial charge in [-0.15, -0.1) is 0 Å². The Kier molecular flexibility index (Phi) is 9.14. The summed E-state index contributed by atoms with van der Waals surface area (Å²) >= 11 is 15.2. The lowest BCUT2D eigenvalue weighted by molar-refractivity contribution is -0.138. The predicted molar refractivity (Wildman–Crippen MR) is 155 cm³/mol. The average molecular weight is 647 g/mol. The molecule has 0 unspecified atom stereocenters. The van der Waals surface area contributed by atoms with Gasteiger partial charge in [0.05, 0.1) is 24.3 Å². The van der Waals surface area contributed by atoms with Gasteiger partial charge in [-0.3, -0.25) is 19.3 Å². The zero-order valence-corrected chi connectivity index (χ0v) is 24.3. The van der Waals surface area contributed by atoms with Gasteiger partial charge < -0.3 is 19.8 Å². The Labute approximate surface area is 247 Å². The van der Waals surface area contributed by atoms with Crippen LogP contribution in [-0.2, 0) is 30.5 Å². The number of ether oxygens (including phenoxy) is 1. The van der Waals surface area contributed by atoms with E-state index in [1.807, 2.05) is 0 Å². The van der Waals surface area contributed by atoms with E-state index in [0.717, 1.165) is 4.47 Å². The van der Waals surface area contributed by atoms with E-state index in [9.17, 15) is 19.2 Å². The first kappa shape index (κ1) is 29.1. The van der Waals surface area contributed by atoms with Crippen LogP contribution in [0.2, 0.25) is 10.0 Å². The van der Waals surface area contributed by atoms with Crippen LogP contribution in [0, 0.1) is 0 Å². The Hall–Kier alpha value is -3.86. The maximum atomic E-state index is 13.5. The molecule has 206 valence electrons. The van der Waals surface area contributed by atoms with E-state index < -0.39 is 23.7 Å². The van der Waals surface area contributed by atoms with Crippen LogP contribution in [0.4, 0.5) is 11.4 Å². The SMILES string of the molecule is CCOC(=O)C1=C(C)N(c2ccc(Br)cc2)C(=O)/C1=C/c1ccc(CNC(=O)C(=O)Nc2cc(Cl)cc(Cl)c2)o1. The molecule has 0 bridgehead atoms. The van der Waals surface area contributed by atoms with Gasteiger partial charge in [-0.05, 0) is 74.5 Å². The molecule has 0 saturated carbocycles. The molecule has 1 aliphatic heterocycles. The summed E-state index contributed by atoms with van der Waals surface area (Å²) in [6.07, 6.45) is 1.44. The van der Waals surface area contributed by atoms with Crippen molar-refractivity contribution in [2.45, 2.75) is 20.4 Å². The molecule has 1 aliphatic rings. The minimum Gasteiger partial charge on any atom is -0.462 e. The molecule has 0 atom stereocenters. The lowest BCUT2D eigenvalue weighted by Gasteiger charge is -2.17. The quantitative estimate of drug-likeness (QED) is 0.188. The number of nitrogens with one attached hydrogen (secondary N) is 2. The molecule has 0 radical (unpaired) electrons. The zero-order chi connectivity index (χ0) is 29.0. The van der Waals surface area contributed by atoms with Gasteiger partial charge in [0, 0.05) is 31.6 Å². The van der Waals surface area contributed by atoms with Crippen LogP contribution in [-0.4, -0.2) is 30.3 Å². The smallest absolute Gasteiger partial charge is 0.340 e. The number of nitrogens with zero attached hydrogens (tertiary/aromatic N) is 1. The van der Waals surface area contributed by atoms with Gasteiger partial charge in [0.2, 0.25) is 0 Å². The molecule has 0 fully saturated rings. The van der Waals surface area contributed by atoms with E-state index in [1.165, 1.54) is 29.2 Å². The lowest BCUT2D eigenvalue weighted by atomic mass is 10.1. The summed E-state index contributed by atoms with van der Waals surface area (Å²) in [5.74, 6) is -2.31. The third-order valence-corrected chi connectivity index (χ3v) is 6.65. The molecule has 40 heavy (non-hydrogen) atoms. The van der Waals surface area contributed by atoms with Crippen LogP contribution in [0.5, 0.6) is 0 Å². The predicted octanol–water partition coefficient (Wildman–Crippen LogP) is 5.87. The van der Waals surface area contributed by atoms with Crippen molar-refractivity contribution in [3.05, 3.63) is 97.5 Å². The number of halogens is 3. The van der Waals surface area contributed by atoms with Crippen LogP contribution < -0.4 is 15.5 Å². The number of furan rings is 1. The average Bonchev–Trinajstić information content (AvgIpc) is 3.44. The maximum absolute atomic E-state index is 13.5. The second-order valence-electron chi connectivity index (χ2n) is 8.45. The summed E-state index contributed by atoms with van der Waals surface area (Å²) in [5, 5.41) is 5.47. The number of benzene rings is 2. The number of carbonyl (C=O) groups excluding carboxylic acids is 4. The van der Waals surface area contributed by atoms with Crippen LogP contribution in [0.3, 0.4) is 0 Å². The van der Waals surface area contributed by atoms with Crippen molar-refractivity contribution in [2.75, 3.05) is 16.8 Å². The highest BCUT2D eigenvalue weighted by Crippen LogP contribution is 2.36. The number of esters is 1. The molecule has 9 nitrogen and oxygen atoms in total. The van der Waals surface area contributed by atoms with Gasteiger partial charge in [0.1, 0.15) is 11.5 Å². The number of anilines is 2. The van der Waals surface area contributed by atoms with Crippen molar-refractivity contribution in [3.8, 4) is 0 Å². The van der Waals surface area contributed by atoms with Crippen molar-refractivity contribution >= 4 is 80.3 Å². The van der Waals surface area contributed by atoms with E-state index in [-0.39, 0.29) is 35.7 Å². The van der Waals surface area contributed by atoms with Crippen LogP contribution in [0.1, 0.15) is 25.4 Å². The largest absolute Gasteiger partial charge is 0.462 e. The first-order valence-corrected chi connectivity index (χ1v) is 13.5. The maximum Gasteiger partial charge on any atom is 0.340 e. The minimum atomic E-state index is -0.920. The van der Waals surface area contributed by atoms with Gasteiger partial charge in [0.15, 0.2) is 0 Å². The molecule has 4 rings (SSSR count). The van der Waals surface area contributed by atoms with Crippen molar-refractivity contribution in [2.24, 2.45) is 0 Å². The number of hydrogen-bond donors (Lipinski definition) is 2. The molecule has 0 spiro atoms. The summed E-state index contributed by atoms with van der Waals surface area (Å²) < 4.78 is 11.8. The summed E-state index contributed by atoms with van der Waals surface area (Å²) in [7, 11) is 0. The molecule has 2 aromatic carbocycles. The van der Waals surface area contributed by atoms with E-state index in [4.69, 9.17) is 32.4 Å². The standard InChI is InChI=1S/C28H22BrCl2N3O6/c1-3-39-28(38)24-15(2)34(20-6-4-16(29)5-7-20)27(37)23(24)13-21-8-9-22(40-21)14-32-25(35)26(36)33-19-11-17(30)10-18(31)12-19/h4-13H,3,14H2,1-2H3,(H,32,35)(H,33,36)/b23-13+. The summed E-state index contributed by atoms with van der Waals surface area (Å²) in [6, 6.07) is 14.6. The molecular weight excluding hydrogens is 625 g/mol. The lowest BCUT2D eigenvalue weighted by Crippen LogP contribution is -2.34. The van der Waals surface area contributed by atoms with E-state index in [1.54, 1.807) is 50.2 Å². The van der Waals surface area contributed by atoms with Crippen LogP contribution >= 0.6 is 39.1 Å². The molecule has 1 aromatic heterocycles. The van der Waals surface area contributed by atoms with Crippen LogP contribution in [0.25, 0.3) is 6.08 Å². The number of carbonyl (C=O) groups is 4. The van der Waals surface area contributed by atoms with E-state index >= 15 is 0 Å². The molecule has 0 saturated heterocycles. The van der Waals surface area contributed by atoms with Gasteiger partial charge in [-0.25, -0.2) is 4.79 Å². The molecule has 2 heterocycles. The zero-order valence-electron chi connectivity index (χ0n) is 21.2. The third-order valence-electron chi connectivity index (χ3n) is 5.68. The Morgan fingerprint density at radius 1 is 1.02 bits per heavy atom. The fraction of sp³-hybridized carbons (Fsp3) is 0.143. The van der Waals surface area contributed by atoms with Crippen molar-refractivity contribution in [1.29, 1.82) is 0 Å². The minimum absolute atomic E-state index is 0.100. The highest BCUT2D eigenvalue weighted by Gasteiger charge is 2.38. The highest BCUT2D eigenvalue weighted by molar-refractivity contribution is 9.10. The highest BCUT2D eigenvalue weighted by atomic mass is 79.9. The first-order chi connectivity index (χ1) is 19.1. The van der Waals surface area contributed by atoms with Gasteiger partial charge in [-0.2, -0.15) is 0 Å². The number of hydrogen-bond acceptors (Lipinski definition) is 6. The van der Waals surface area contributed by atoms with Crippen molar-refractivity contribution < 1.29 is 28.3 Å². The Morgan fingerprint density at radius 2 is 1.70 bits per heavy atom. The fourth-order valence-electron chi connectivity index (χ4n) is 3.95. The number of allylic oxidation sites excluding steroid dienone is 1. The molecular formula is C28H22BrCl2N3O6. The molecule has 2 N–H and O–H groups in total. The van der Waals surface area contributed by atoms with E-state index in [2.05, 4.69) is 26.6 Å². The summed E-state index contributed by atoms with van der Waals surface area (Å²) in [5.41, 5.74) is 1.49. The molecule has 0 aliphatic carbocycles. The number of amides is 3. The van der Waals surface area contributed by atoms with Gasteiger partial charge in [0.25, 0.3) is 5.91 Å². The number of rotatable bonds is 7. The Bertz CT molecular complexity index is 1540. The second-order valence-corrected chi connectivity index (χ2v) is 10.2. The van der Waals surface area contributed by atoms with Crippen molar-refractivity contribution in [1.82, 2.24) is 5.32 Å². The summed E-state index contributed by atoms with van der Waals surface area (Å²) in [6.45, 7) is 3.37. The Balaban J connectivity index is 1.49. The molecule has 3 amide bonds. The summed E-state index contributed by atoms with van der Waals surface area (Å²) in [4.78, 5) is 52.2. The monoisotopic (exact) mass is 645 g/mol. The van der Waals surface area contributed by atoms with Crippen molar-refractivity contribution in [3.63, 3.8) is 0 Å². The molecule has 12 heteroatoms.